The third-order valence-electron chi connectivity index (χ3n) is 4.43. The highest BCUT2D eigenvalue weighted by molar-refractivity contribution is 5.89. The van der Waals surface area contributed by atoms with Gasteiger partial charge in [0, 0.05) is 19.5 Å². The molecule has 1 aromatic carbocycles. The topological polar surface area (TPSA) is 69.6 Å². The van der Waals surface area contributed by atoms with Gasteiger partial charge in [0.2, 0.25) is 11.8 Å². The minimum absolute atomic E-state index is 0.0335. The molecule has 1 saturated heterocycles. The fourth-order valence-electron chi connectivity index (χ4n) is 2.80. The molecule has 0 radical (unpaired) electrons. The maximum absolute atomic E-state index is 12.3. The monoisotopic (exact) mass is 318 g/mol. The molecule has 1 aromatic rings. The average Bonchev–Trinajstić information content (AvgIpc) is 2.92. The van der Waals surface area contributed by atoms with E-state index in [1.165, 1.54) is 5.56 Å². The molecule has 1 heterocycles. The lowest BCUT2D eigenvalue weighted by atomic mass is 10.0. The van der Waals surface area contributed by atoms with E-state index in [9.17, 15) is 14.7 Å². The third kappa shape index (κ3) is 4.79. The smallest absolute Gasteiger partial charge is 0.225 e. The molecular weight excluding hydrogens is 292 g/mol. The first kappa shape index (κ1) is 17.5. The van der Waals surface area contributed by atoms with Crippen molar-refractivity contribution in [3.8, 4) is 0 Å². The molecule has 2 amide bonds. The molecule has 0 spiro atoms. The Morgan fingerprint density at radius 3 is 2.65 bits per heavy atom. The molecule has 2 atom stereocenters. The fraction of sp³-hybridized carbons (Fsp3) is 0.556. The second-order valence-electron chi connectivity index (χ2n) is 6.52. The predicted octanol–water partition coefficient (Wildman–Crippen LogP) is 1.21. The van der Waals surface area contributed by atoms with E-state index < -0.39 is 0 Å². The van der Waals surface area contributed by atoms with Gasteiger partial charge in [-0.3, -0.25) is 9.59 Å². The van der Waals surface area contributed by atoms with E-state index in [0.717, 1.165) is 6.42 Å². The molecule has 2 rings (SSSR count). The Morgan fingerprint density at radius 1 is 1.35 bits per heavy atom. The average molecular weight is 318 g/mol. The van der Waals surface area contributed by atoms with Crippen LogP contribution in [0.4, 0.5) is 0 Å². The van der Waals surface area contributed by atoms with Crippen molar-refractivity contribution in [2.75, 3.05) is 19.7 Å². The highest BCUT2D eigenvalue weighted by atomic mass is 16.3. The van der Waals surface area contributed by atoms with Gasteiger partial charge in [0.1, 0.15) is 0 Å². The van der Waals surface area contributed by atoms with Gasteiger partial charge in [0.25, 0.3) is 0 Å². The zero-order valence-electron chi connectivity index (χ0n) is 13.9. The quantitative estimate of drug-likeness (QED) is 0.794. The third-order valence-corrected chi connectivity index (χ3v) is 4.43. The van der Waals surface area contributed by atoms with Crippen LogP contribution in [0.25, 0.3) is 0 Å². The lowest BCUT2D eigenvalue weighted by molar-refractivity contribution is -0.129. The zero-order chi connectivity index (χ0) is 16.8. The number of hydrogen-bond acceptors (Lipinski definition) is 3. The summed E-state index contributed by atoms with van der Waals surface area (Å²) in [6.07, 6.45) is 1.06. The number of likely N-dealkylation sites (tertiary alicyclic amines) is 1. The van der Waals surface area contributed by atoms with E-state index in [1.807, 2.05) is 44.2 Å². The summed E-state index contributed by atoms with van der Waals surface area (Å²) in [6.45, 7) is 4.93. The first-order valence-electron chi connectivity index (χ1n) is 8.24. The normalized spacial score (nSPS) is 19.2. The number of aliphatic hydroxyl groups is 1. The number of benzene rings is 1. The van der Waals surface area contributed by atoms with E-state index in [1.54, 1.807) is 4.90 Å². The molecule has 2 N–H and O–H groups in total. The van der Waals surface area contributed by atoms with Gasteiger partial charge in [-0.1, -0.05) is 44.2 Å². The number of carbonyl (C=O) groups is 2. The molecular formula is C18H26N2O3. The molecule has 1 aliphatic rings. The number of rotatable bonds is 7. The van der Waals surface area contributed by atoms with Crippen molar-refractivity contribution in [1.82, 2.24) is 10.2 Å². The maximum Gasteiger partial charge on any atom is 0.225 e. The minimum atomic E-state index is -0.314. The summed E-state index contributed by atoms with van der Waals surface area (Å²) in [4.78, 5) is 26.1. The van der Waals surface area contributed by atoms with Gasteiger partial charge in [-0.25, -0.2) is 0 Å². The number of hydrogen-bond donors (Lipinski definition) is 2. The Hall–Kier alpha value is -1.88. The Balaban J connectivity index is 1.85. The van der Waals surface area contributed by atoms with Crippen LogP contribution < -0.4 is 5.32 Å². The van der Waals surface area contributed by atoms with Crippen LogP contribution in [-0.4, -0.2) is 47.6 Å². The molecule has 5 heteroatoms. The van der Waals surface area contributed by atoms with Crippen LogP contribution in [0.5, 0.6) is 0 Å². The Bertz CT molecular complexity index is 530. The predicted molar refractivity (Wildman–Crippen MR) is 88.7 cm³/mol. The van der Waals surface area contributed by atoms with Crippen molar-refractivity contribution in [2.45, 2.75) is 32.7 Å². The Morgan fingerprint density at radius 2 is 2.04 bits per heavy atom. The van der Waals surface area contributed by atoms with Crippen LogP contribution in [0, 0.1) is 11.8 Å². The van der Waals surface area contributed by atoms with Gasteiger partial charge >= 0.3 is 0 Å². The van der Waals surface area contributed by atoms with Gasteiger partial charge in [-0.2, -0.15) is 0 Å². The van der Waals surface area contributed by atoms with Crippen LogP contribution in [0.2, 0.25) is 0 Å². The Labute approximate surface area is 137 Å². The molecule has 0 unspecified atom stereocenters. The molecule has 0 aromatic heterocycles. The Kier molecular flexibility index (Phi) is 6.16. The van der Waals surface area contributed by atoms with Gasteiger partial charge in [0.05, 0.1) is 18.6 Å². The molecule has 1 aliphatic heterocycles. The largest absolute Gasteiger partial charge is 0.394 e. The molecule has 1 fully saturated rings. The molecule has 0 aliphatic carbocycles. The van der Waals surface area contributed by atoms with E-state index in [2.05, 4.69) is 5.32 Å². The second-order valence-corrected chi connectivity index (χ2v) is 6.52. The summed E-state index contributed by atoms with van der Waals surface area (Å²) in [5.41, 5.74) is 1.19. The molecule has 0 bridgehead atoms. The maximum atomic E-state index is 12.3. The fourth-order valence-corrected chi connectivity index (χ4v) is 2.80. The van der Waals surface area contributed by atoms with Gasteiger partial charge in [-0.15, -0.1) is 0 Å². The van der Waals surface area contributed by atoms with E-state index >= 15 is 0 Å². The summed E-state index contributed by atoms with van der Waals surface area (Å²) >= 11 is 0. The van der Waals surface area contributed by atoms with E-state index in [4.69, 9.17) is 0 Å². The zero-order valence-corrected chi connectivity index (χ0v) is 13.9. The highest BCUT2D eigenvalue weighted by Crippen LogP contribution is 2.19. The first-order chi connectivity index (χ1) is 11.0. The summed E-state index contributed by atoms with van der Waals surface area (Å²) in [7, 11) is 0. The van der Waals surface area contributed by atoms with Crippen molar-refractivity contribution in [1.29, 1.82) is 0 Å². The van der Waals surface area contributed by atoms with Gasteiger partial charge in [0.15, 0.2) is 0 Å². The molecule has 0 saturated carbocycles. The van der Waals surface area contributed by atoms with E-state index in [0.29, 0.717) is 13.1 Å². The highest BCUT2D eigenvalue weighted by Gasteiger charge is 2.34. The van der Waals surface area contributed by atoms with Crippen molar-refractivity contribution in [3.63, 3.8) is 0 Å². The number of amides is 2. The molecule has 23 heavy (non-hydrogen) atoms. The minimum Gasteiger partial charge on any atom is -0.394 e. The van der Waals surface area contributed by atoms with E-state index in [-0.39, 0.29) is 42.7 Å². The van der Waals surface area contributed by atoms with Gasteiger partial charge < -0.3 is 15.3 Å². The summed E-state index contributed by atoms with van der Waals surface area (Å²) in [5.74, 6) is -0.249. The van der Waals surface area contributed by atoms with Crippen molar-refractivity contribution >= 4 is 11.8 Å². The number of aliphatic hydroxyl groups excluding tert-OH is 1. The number of nitrogens with one attached hydrogen (secondary N) is 1. The lowest BCUT2D eigenvalue weighted by Crippen LogP contribution is -2.44. The molecule has 126 valence electrons. The van der Waals surface area contributed by atoms with Crippen LogP contribution >= 0.6 is 0 Å². The number of nitrogens with zero attached hydrogens (tertiary/aromatic N) is 1. The van der Waals surface area contributed by atoms with Crippen LogP contribution in [0.15, 0.2) is 30.3 Å². The summed E-state index contributed by atoms with van der Waals surface area (Å²) < 4.78 is 0. The standard InChI is InChI=1S/C18H26N2O3/c1-13(2)16(12-21)19-18(23)15-10-17(22)20(11-15)9-8-14-6-4-3-5-7-14/h3-7,13,15-16,21H,8-12H2,1-2H3,(H,19,23)/t15-,16+/m1/s1. The first-order valence-corrected chi connectivity index (χ1v) is 8.24. The van der Waals surface area contributed by atoms with Crippen LogP contribution in [0.1, 0.15) is 25.8 Å². The summed E-state index contributed by atoms with van der Waals surface area (Å²) in [5, 5.41) is 12.2. The lowest BCUT2D eigenvalue weighted by Gasteiger charge is -2.22. The van der Waals surface area contributed by atoms with Crippen molar-refractivity contribution in [2.24, 2.45) is 11.8 Å². The molecule has 5 nitrogen and oxygen atoms in total. The van der Waals surface area contributed by atoms with Crippen LogP contribution in [0.3, 0.4) is 0 Å². The summed E-state index contributed by atoms with van der Waals surface area (Å²) in [6, 6.07) is 9.77. The SMILES string of the molecule is CC(C)[C@H](CO)NC(=O)[C@@H]1CC(=O)N(CCc2ccccc2)C1. The van der Waals surface area contributed by atoms with Gasteiger partial charge in [-0.05, 0) is 17.9 Å². The van der Waals surface area contributed by atoms with Crippen molar-refractivity contribution in [3.05, 3.63) is 35.9 Å². The van der Waals surface area contributed by atoms with Crippen LogP contribution in [-0.2, 0) is 16.0 Å². The number of carbonyl (C=O) groups excluding carboxylic acids is 2. The second kappa shape index (κ2) is 8.11. The van der Waals surface area contributed by atoms with Crippen molar-refractivity contribution < 1.29 is 14.7 Å².